The second-order valence-electron chi connectivity index (χ2n) is 9.67. The molecule has 1 heterocycles. The Morgan fingerprint density at radius 1 is 0.975 bits per heavy atom. The van der Waals surface area contributed by atoms with E-state index in [0.29, 0.717) is 18.5 Å². The number of guanidine groups is 1. The third kappa shape index (κ3) is 7.21. The van der Waals surface area contributed by atoms with Gasteiger partial charge in [0.2, 0.25) is 21.7 Å². The summed E-state index contributed by atoms with van der Waals surface area (Å²) in [6.07, 6.45) is 1.61. The van der Waals surface area contributed by atoms with Gasteiger partial charge in [-0.2, -0.15) is 4.72 Å². The van der Waals surface area contributed by atoms with E-state index in [1.165, 1.54) is 24.3 Å². The third-order valence-corrected chi connectivity index (χ3v) is 8.25. The number of benzene rings is 3. The van der Waals surface area contributed by atoms with E-state index >= 15 is 0 Å². The van der Waals surface area contributed by atoms with Gasteiger partial charge in [-0.25, -0.2) is 8.42 Å². The van der Waals surface area contributed by atoms with Crippen LogP contribution in [0.5, 0.6) is 0 Å². The number of sulfonamides is 1. The number of hydrogen-bond donors (Lipinski definition) is 5. The summed E-state index contributed by atoms with van der Waals surface area (Å²) in [5, 5.41) is 14.4. The second-order valence-corrected chi connectivity index (χ2v) is 11.4. The lowest BCUT2D eigenvalue weighted by atomic mass is 9.98. The largest absolute Gasteiger partial charge is 0.370 e. The molecule has 1 aliphatic rings. The van der Waals surface area contributed by atoms with Crippen molar-refractivity contribution in [3.05, 3.63) is 78.4 Å². The summed E-state index contributed by atoms with van der Waals surface area (Å²) in [5.41, 5.74) is 5.78. The number of amides is 2. The molecule has 4 rings (SSSR count). The minimum atomic E-state index is -4.18. The predicted molar refractivity (Wildman–Crippen MR) is 151 cm³/mol. The first kappa shape index (κ1) is 28.7. The van der Waals surface area contributed by atoms with Crippen LogP contribution in [-0.4, -0.2) is 69.1 Å². The molecule has 0 spiro atoms. The standard InChI is InChI=1S/C28H32N6O5S/c29-28(30)34-14-6-7-19(18-34)16-31-26(36)24(17-32-27(37)25(35)21-9-2-1-3-10-21)33-40(38,39)23-13-12-20-8-4-5-11-22(20)15-23/h1-5,8-13,15,19,24,33H,6-7,14,16-18H2,(H3,29,30)(H,31,36)(H,32,37)/t19-,24+/m0/s1. The number of hydrogen-bond acceptors (Lipinski definition) is 6. The molecule has 0 radical (unpaired) electrons. The van der Waals surface area contributed by atoms with Gasteiger partial charge in [-0.3, -0.25) is 19.8 Å². The highest BCUT2D eigenvalue weighted by Crippen LogP contribution is 2.19. The molecule has 2 amide bonds. The van der Waals surface area contributed by atoms with Gasteiger partial charge in [0.15, 0.2) is 5.96 Å². The molecular weight excluding hydrogens is 532 g/mol. The molecule has 6 N–H and O–H groups in total. The lowest BCUT2D eigenvalue weighted by Gasteiger charge is -2.33. The molecule has 1 aliphatic heterocycles. The molecule has 11 nitrogen and oxygen atoms in total. The number of piperidine rings is 1. The van der Waals surface area contributed by atoms with Gasteiger partial charge < -0.3 is 21.3 Å². The maximum atomic E-state index is 13.3. The summed E-state index contributed by atoms with van der Waals surface area (Å²) < 4.78 is 29.0. The average molecular weight is 565 g/mol. The van der Waals surface area contributed by atoms with Crippen molar-refractivity contribution in [3.63, 3.8) is 0 Å². The van der Waals surface area contributed by atoms with Crippen molar-refractivity contribution in [3.8, 4) is 0 Å². The van der Waals surface area contributed by atoms with Crippen LogP contribution in [0.1, 0.15) is 23.2 Å². The molecule has 2 atom stereocenters. The van der Waals surface area contributed by atoms with Crippen LogP contribution < -0.4 is 21.1 Å². The summed E-state index contributed by atoms with van der Waals surface area (Å²) in [5.74, 6) is -2.45. The molecule has 0 aliphatic carbocycles. The minimum absolute atomic E-state index is 0.00796. The maximum Gasteiger partial charge on any atom is 0.292 e. The number of nitrogens with two attached hydrogens (primary N) is 1. The Balaban J connectivity index is 1.48. The molecule has 1 fully saturated rings. The number of carbonyl (C=O) groups excluding carboxylic acids is 3. The van der Waals surface area contributed by atoms with Crippen LogP contribution in [0, 0.1) is 11.3 Å². The number of Topliss-reactive ketones (excluding diaryl/α,β-unsaturated/α-hetero) is 1. The molecule has 210 valence electrons. The van der Waals surface area contributed by atoms with Gasteiger partial charge in [0.05, 0.1) is 4.90 Å². The Morgan fingerprint density at radius 2 is 1.68 bits per heavy atom. The Labute approximate surface area is 232 Å². The zero-order valence-electron chi connectivity index (χ0n) is 21.8. The summed E-state index contributed by atoms with van der Waals surface area (Å²) in [6, 6.07) is 18.4. The summed E-state index contributed by atoms with van der Waals surface area (Å²) in [6.45, 7) is 0.939. The van der Waals surface area contributed by atoms with Gasteiger partial charge in [-0.1, -0.05) is 60.7 Å². The third-order valence-electron chi connectivity index (χ3n) is 6.78. The molecule has 0 saturated carbocycles. The molecule has 12 heteroatoms. The molecule has 0 unspecified atom stereocenters. The lowest BCUT2D eigenvalue weighted by molar-refractivity contribution is -0.123. The van der Waals surface area contributed by atoms with E-state index in [4.69, 9.17) is 11.1 Å². The highest BCUT2D eigenvalue weighted by Gasteiger charge is 2.29. The second kappa shape index (κ2) is 12.7. The predicted octanol–water partition coefficient (Wildman–Crippen LogP) is 1.21. The van der Waals surface area contributed by atoms with E-state index in [1.807, 2.05) is 12.1 Å². The van der Waals surface area contributed by atoms with E-state index in [2.05, 4.69) is 15.4 Å². The van der Waals surface area contributed by atoms with Crippen molar-refractivity contribution >= 4 is 44.4 Å². The van der Waals surface area contributed by atoms with Crippen molar-refractivity contribution < 1.29 is 22.8 Å². The first-order valence-corrected chi connectivity index (χ1v) is 14.4. The quantitative estimate of drug-likeness (QED) is 0.106. The van der Waals surface area contributed by atoms with Crippen molar-refractivity contribution in [2.75, 3.05) is 26.2 Å². The molecule has 3 aromatic rings. The Kier molecular flexibility index (Phi) is 9.12. The topological polar surface area (TPSA) is 175 Å². The van der Waals surface area contributed by atoms with Gasteiger partial charge in [-0.05, 0) is 41.7 Å². The molecule has 0 aromatic heterocycles. The summed E-state index contributed by atoms with van der Waals surface area (Å²) >= 11 is 0. The average Bonchev–Trinajstić information content (AvgIpc) is 2.97. The van der Waals surface area contributed by atoms with E-state index in [0.717, 1.165) is 18.2 Å². The number of carbonyl (C=O) groups is 3. The monoisotopic (exact) mass is 564 g/mol. The van der Waals surface area contributed by atoms with Crippen molar-refractivity contribution in [1.29, 1.82) is 5.41 Å². The zero-order valence-corrected chi connectivity index (χ0v) is 22.6. The van der Waals surface area contributed by atoms with Crippen LogP contribution in [-0.2, 0) is 19.6 Å². The Hall–Kier alpha value is -4.29. The molecular formula is C28H32N6O5S. The lowest BCUT2D eigenvalue weighted by Crippen LogP contribution is -2.54. The fraction of sp³-hybridized carbons (Fsp3) is 0.286. The van der Waals surface area contributed by atoms with E-state index in [1.54, 1.807) is 41.3 Å². The molecule has 3 aromatic carbocycles. The Bertz CT molecular complexity index is 1510. The normalized spacial score (nSPS) is 16.2. The fourth-order valence-corrected chi connectivity index (χ4v) is 5.82. The van der Waals surface area contributed by atoms with Crippen LogP contribution in [0.2, 0.25) is 0 Å². The number of rotatable bonds is 10. The van der Waals surface area contributed by atoms with Crippen LogP contribution in [0.15, 0.2) is 77.7 Å². The molecule has 1 saturated heterocycles. The van der Waals surface area contributed by atoms with Gasteiger partial charge in [-0.15, -0.1) is 0 Å². The van der Waals surface area contributed by atoms with Crippen molar-refractivity contribution in [2.24, 2.45) is 11.7 Å². The van der Waals surface area contributed by atoms with Crippen molar-refractivity contribution in [1.82, 2.24) is 20.3 Å². The van der Waals surface area contributed by atoms with Crippen LogP contribution >= 0.6 is 0 Å². The first-order valence-electron chi connectivity index (χ1n) is 12.9. The van der Waals surface area contributed by atoms with E-state index in [9.17, 15) is 22.8 Å². The number of nitrogens with zero attached hydrogens (tertiary/aromatic N) is 1. The number of fused-ring (bicyclic) bond motifs is 1. The van der Waals surface area contributed by atoms with Gasteiger partial charge in [0.25, 0.3) is 5.91 Å². The number of nitrogens with one attached hydrogen (secondary N) is 4. The highest BCUT2D eigenvalue weighted by atomic mass is 32.2. The van der Waals surface area contributed by atoms with E-state index in [-0.39, 0.29) is 28.9 Å². The van der Waals surface area contributed by atoms with Crippen LogP contribution in [0.25, 0.3) is 10.8 Å². The SMILES string of the molecule is N=C(N)N1CCC[C@@H](CNC(=O)[C@@H](CNC(=O)C(=O)c2ccccc2)NS(=O)(=O)c2ccc3ccccc3c2)C1. The van der Waals surface area contributed by atoms with Gasteiger partial charge in [0.1, 0.15) is 6.04 Å². The first-order chi connectivity index (χ1) is 19.1. The smallest absolute Gasteiger partial charge is 0.292 e. The number of likely N-dealkylation sites (tertiary alicyclic amines) is 1. The Morgan fingerprint density at radius 3 is 2.40 bits per heavy atom. The molecule has 0 bridgehead atoms. The van der Waals surface area contributed by atoms with Crippen LogP contribution in [0.3, 0.4) is 0 Å². The highest BCUT2D eigenvalue weighted by molar-refractivity contribution is 7.89. The fourth-order valence-electron chi connectivity index (χ4n) is 4.59. The zero-order chi connectivity index (χ0) is 28.7. The van der Waals surface area contributed by atoms with Crippen molar-refractivity contribution in [2.45, 2.75) is 23.8 Å². The minimum Gasteiger partial charge on any atom is -0.370 e. The number of ketones is 1. The van der Waals surface area contributed by atoms with Gasteiger partial charge in [0, 0.05) is 31.7 Å². The van der Waals surface area contributed by atoms with E-state index < -0.39 is 40.2 Å². The molecule has 40 heavy (non-hydrogen) atoms. The summed E-state index contributed by atoms with van der Waals surface area (Å²) in [4.78, 5) is 39.9. The van der Waals surface area contributed by atoms with Gasteiger partial charge >= 0.3 is 0 Å². The summed E-state index contributed by atoms with van der Waals surface area (Å²) in [7, 11) is -4.18. The van der Waals surface area contributed by atoms with Crippen LogP contribution in [0.4, 0.5) is 0 Å². The maximum absolute atomic E-state index is 13.3.